The molecule has 1 aromatic carbocycles. The number of benzene rings is 1. The van der Waals surface area contributed by atoms with Crippen LogP contribution in [0.2, 0.25) is 0 Å². The number of phenols is 1. The smallest absolute Gasteiger partial charge is 0.118 e. The second kappa shape index (κ2) is 7.55. The minimum atomic E-state index is 0.364. The van der Waals surface area contributed by atoms with Crippen LogP contribution in [0, 0.1) is 6.92 Å². The number of halogens is 1. The van der Waals surface area contributed by atoms with Gasteiger partial charge in [0.1, 0.15) is 5.75 Å². The van der Waals surface area contributed by atoms with Crippen LogP contribution in [0.1, 0.15) is 31.2 Å². The highest BCUT2D eigenvalue weighted by molar-refractivity contribution is 9.09. The van der Waals surface area contributed by atoms with E-state index in [2.05, 4.69) is 21.2 Å². The molecule has 0 unspecified atom stereocenters. The van der Waals surface area contributed by atoms with Crippen molar-refractivity contribution < 1.29 is 5.11 Å². The van der Waals surface area contributed by atoms with E-state index in [-0.39, 0.29) is 0 Å². The SMILES string of the molecule is Cc1cc(NCCCCCCBr)ccc1O. The predicted octanol–water partition coefficient (Wildman–Crippen LogP) is 4.07. The average molecular weight is 286 g/mol. The van der Waals surface area contributed by atoms with Crippen molar-refractivity contribution in [1.29, 1.82) is 0 Å². The minimum Gasteiger partial charge on any atom is -0.508 e. The highest BCUT2D eigenvalue weighted by Gasteiger charge is 1.97. The van der Waals surface area contributed by atoms with Crippen molar-refractivity contribution in [2.45, 2.75) is 32.6 Å². The minimum absolute atomic E-state index is 0.364. The van der Waals surface area contributed by atoms with Gasteiger partial charge in [-0.05, 0) is 43.5 Å². The number of hydrogen-bond donors (Lipinski definition) is 2. The lowest BCUT2D eigenvalue weighted by molar-refractivity contribution is 0.471. The number of rotatable bonds is 7. The third kappa shape index (κ3) is 4.88. The van der Waals surface area contributed by atoms with E-state index >= 15 is 0 Å². The number of aryl methyl sites for hydroxylation is 1. The van der Waals surface area contributed by atoms with Gasteiger partial charge in [-0.3, -0.25) is 0 Å². The first kappa shape index (κ1) is 13.4. The fraction of sp³-hybridized carbons (Fsp3) is 0.538. The molecule has 0 aliphatic carbocycles. The molecule has 0 heterocycles. The van der Waals surface area contributed by atoms with Gasteiger partial charge in [-0.25, -0.2) is 0 Å². The molecule has 1 aromatic rings. The highest BCUT2D eigenvalue weighted by Crippen LogP contribution is 2.20. The summed E-state index contributed by atoms with van der Waals surface area (Å²) in [6, 6.07) is 5.64. The van der Waals surface area contributed by atoms with E-state index in [1.807, 2.05) is 19.1 Å². The van der Waals surface area contributed by atoms with Gasteiger partial charge >= 0.3 is 0 Å². The summed E-state index contributed by atoms with van der Waals surface area (Å²) >= 11 is 3.43. The van der Waals surface area contributed by atoms with Gasteiger partial charge in [0.25, 0.3) is 0 Å². The van der Waals surface area contributed by atoms with E-state index in [0.29, 0.717) is 5.75 Å². The monoisotopic (exact) mass is 285 g/mol. The van der Waals surface area contributed by atoms with E-state index in [9.17, 15) is 5.11 Å². The zero-order chi connectivity index (χ0) is 11.8. The number of alkyl halides is 1. The molecule has 0 bridgehead atoms. The molecular formula is C13H20BrNO. The second-order valence-electron chi connectivity index (χ2n) is 4.03. The molecule has 16 heavy (non-hydrogen) atoms. The Balaban J connectivity index is 2.19. The largest absolute Gasteiger partial charge is 0.508 e. The molecule has 0 aliphatic rings. The molecule has 0 saturated heterocycles. The molecule has 0 aromatic heterocycles. The summed E-state index contributed by atoms with van der Waals surface area (Å²) in [6.45, 7) is 2.92. The lowest BCUT2D eigenvalue weighted by Crippen LogP contribution is -2.01. The lowest BCUT2D eigenvalue weighted by atomic mass is 10.2. The summed E-state index contributed by atoms with van der Waals surface area (Å²) in [6.07, 6.45) is 5.03. The number of unbranched alkanes of at least 4 members (excludes halogenated alkanes) is 3. The molecule has 3 heteroatoms. The number of nitrogens with one attached hydrogen (secondary N) is 1. The molecule has 0 amide bonds. The standard InChI is InChI=1S/C13H20BrNO/c1-11-10-12(6-7-13(11)16)15-9-5-3-2-4-8-14/h6-7,10,15-16H,2-5,8-9H2,1H3. The van der Waals surface area contributed by atoms with Crippen LogP contribution in [0.4, 0.5) is 5.69 Å². The molecule has 0 spiro atoms. The molecule has 2 N–H and O–H groups in total. The van der Waals surface area contributed by atoms with E-state index in [0.717, 1.165) is 23.1 Å². The van der Waals surface area contributed by atoms with Crippen molar-refractivity contribution in [3.05, 3.63) is 23.8 Å². The summed E-state index contributed by atoms with van der Waals surface area (Å²) in [5.74, 6) is 0.364. The lowest BCUT2D eigenvalue weighted by Gasteiger charge is -2.07. The first-order valence-electron chi connectivity index (χ1n) is 5.83. The van der Waals surface area contributed by atoms with Crippen LogP contribution >= 0.6 is 15.9 Å². The van der Waals surface area contributed by atoms with Crippen molar-refractivity contribution in [2.75, 3.05) is 17.2 Å². The van der Waals surface area contributed by atoms with Gasteiger partial charge in [0, 0.05) is 17.6 Å². The van der Waals surface area contributed by atoms with E-state index in [4.69, 9.17) is 0 Å². The zero-order valence-corrected chi connectivity index (χ0v) is 11.4. The normalized spacial score (nSPS) is 10.4. The molecule has 0 fully saturated rings. The number of aromatic hydroxyl groups is 1. The molecule has 2 nitrogen and oxygen atoms in total. The Kier molecular flexibility index (Phi) is 6.31. The van der Waals surface area contributed by atoms with Gasteiger partial charge in [0.05, 0.1) is 0 Å². The third-order valence-corrected chi connectivity index (χ3v) is 3.15. The van der Waals surface area contributed by atoms with Gasteiger partial charge in [0.15, 0.2) is 0 Å². The van der Waals surface area contributed by atoms with Gasteiger partial charge < -0.3 is 10.4 Å². The number of phenolic OH excluding ortho intramolecular Hbond substituents is 1. The molecule has 0 atom stereocenters. The Labute approximate surface area is 106 Å². The molecule has 90 valence electrons. The maximum atomic E-state index is 9.38. The molecule has 0 aliphatic heterocycles. The summed E-state index contributed by atoms with van der Waals surface area (Å²) in [7, 11) is 0. The highest BCUT2D eigenvalue weighted by atomic mass is 79.9. The number of hydrogen-bond acceptors (Lipinski definition) is 2. The molecule has 0 radical (unpaired) electrons. The van der Waals surface area contributed by atoms with Gasteiger partial charge in [-0.2, -0.15) is 0 Å². The third-order valence-electron chi connectivity index (χ3n) is 2.59. The van der Waals surface area contributed by atoms with E-state index in [1.165, 1.54) is 25.7 Å². The van der Waals surface area contributed by atoms with Crippen LogP contribution in [-0.4, -0.2) is 17.0 Å². The topological polar surface area (TPSA) is 32.3 Å². The Bertz CT molecular complexity index is 315. The maximum absolute atomic E-state index is 9.38. The predicted molar refractivity (Wildman–Crippen MR) is 73.6 cm³/mol. The van der Waals surface area contributed by atoms with Crippen molar-refractivity contribution in [3.63, 3.8) is 0 Å². The van der Waals surface area contributed by atoms with Crippen molar-refractivity contribution >= 4 is 21.6 Å². The van der Waals surface area contributed by atoms with Crippen LogP contribution in [0.3, 0.4) is 0 Å². The fourth-order valence-corrected chi connectivity index (χ4v) is 1.97. The van der Waals surface area contributed by atoms with Crippen molar-refractivity contribution in [2.24, 2.45) is 0 Å². The summed E-state index contributed by atoms with van der Waals surface area (Å²) in [5.41, 5.74) is 2.01. The zero-order valence-electron chi connectivity index (χ0n) is 9.80. The summed E-state index contributed by atoms with van der Waals surface area (Å²) < 4.78 is 0. The van der Waals surface area contributed by atoms with Crippen molar-refractivity contribution in [3.8, 4) is 5.75 Å². The maximum Gasteiger partial charge on any atom is 0.118 e. The van der Waals surface area contributed by atoms with Crippen LogP contribution in [0.25, 0.3) is 0 Å². The van der Waals surface area contributed by atoms with Crippen LogP contribution in [-0.2, 0) is 0 Å². The fourth-order valence-electron chi connectivity index (χ4n) is 1.57. The Hall–Kier alpha value is -0.700. The Morgan fingerprint density at radius 2 is 1.94 bits per heavy atom. The Morgan fingerprint density at radius 3 is 2.62 bits per heavy atom. The molecule has 1 rings (SSSR count). The second-order valence-corrected chi connectivity index (χ2v) is 4.82. The van der Waals surface area contributed by atoms with E-state index in [1.54, 1.807) is 6.07 Å². The van der Waals surface area contributed by atoms with Crippen molar-refractivity contribution in [1.82, 2.24) is 0 Å². The number of anilines is 1. The van der Waals surface area contributed by atoms with Crippen LogP contribution < -0.4 is 5.32 Å². The van der Waals surface area contributed by atoms with Gasteiger partial charge in [-0.15, -0.1) is 0 Å². The molecule has 0 saturated carbocycles. The van der Waals surface area contributed by atoms with Gasteiger partial charge in [-0.1, -0.05) is 28.8 Å². The van der Waals surface area contributed by atoms with Crippen LogP contribution in [0.15, 0.2) is 18.2 Å². The summed E-state index contributed by atoms with van der Waals surface area (Å²) in [4.78, 5) is 0. The summed E-state index contributed by atoms with van der Waals surface area (Å²) in [5, 5.41) is 13.9. The molecular weight excluding hydrogens is 266 g/mol. The van der Waals surface area contributed by atoms with Crippen LogP contribution in [0.5, 0.6) is 5.75 Å². The first-order chi connectivity index (χ1) is 7.74. The van der Waals surface area contributed by atoms with Gasteiger partial charge in [0.2, 0.25) is 0 Å². The Morgan fingerprint density at radius 1 is 1.19 bits per heavy atom. The quantitative estimate of drug-likeness (QED) is 0.450. The first-order valence-corrected chi connectivity index (χ1v) is 6.95. The van der Waals surface area contributed by atoms with E-state index < -0.39 is 0 Å². The average Bonchev–Trinajstić information content (AvgIpc) is 2.28.